The number of carbonyl (C=O) groups is 2. The summed E-state index contributed by atoms with van der Waals surface area (Å²) < 4.78 is 10.6. The molecule has 2 aromatic rings. The number of pyridine rings is 1. The fourth-order valence-electron chi connectivity index (χ4n) is 3.22. The summed E-state index contributed by atoms with van der Waals surface area (Å²) >= 11 is 0. The standard InChI is InChI=1S/C20H22N2O5/c1-20(12-26-2,9-18(23)24)22-19(25)16-8-15(10-21-11-16)13-3-4-17-14(7-13)5-6-27-17/h3-4,7-8,10-11H,5-6,9,12H2,1-2H3,(H,22,25)(H,23,24). The number of aromatic nitrogens is 1. The van der Waals surface area contributed by atoms with E-state index in [0.717, 1.165) is 28.9 Å². The number of ether oxygens (including phenoxy) is 2. The van der Waals surface area contributed by atoms with Crippen molar-refractivity contribution in [1.82, 2.24) is 10.3 Å². The lowest BCUT2D eigenvalue weighted by molar-refractivity contribution is -0.139. The molecule has 0 radical (unpaired) electrons. The summed E-state index contributed by atoms with van der Waals surface area (Å²) in [5.74, 6) is -0.513. The number of nitrogens with one attached hydrogen (secondary N) is 1. The SMILES string of the molecule is COCC(C)(CC(=O)O)NC(=O)c1cncc(-c2ccc3c(c2)CCO3)c1. The molecule has 1 atom stereocenters. The Hall–Kier alpha value is -2.93. The minimum Gasteiger partial charge on any atom is -0.493 e. The fourth-order valence-corrected chi connectivity index (χ4v) is 3.22. The second kappa shape index (κ2) is 7.75. The Balaban J connectivity index is 1.82. The zero-order valence-corrected chi connectivity index (χ0v) is 15.3. The van der Waals surface area contributed by atoms with E-state index in [0.29, 0.717) is 12.2 Å². The lowest BCUT2D eigenvalue weighted by atomic mass is 9.97. The molecule has 3 rings (SSSR count). The molecule has 1 aromatic heterocycles. The Kier molecular flexibility index (Phi) is 5.41. The highest BCUT2D eigenvalue weighted by molar-refractivity contribution is 5.95. The number of hydrogen-bond donors (Lipinski definition) is 2. The summed E-state index contributed by atoms with van der Waals surface area (Å²) in [5, 5.41) is 11.9. The Bertz CT molecular complexity index is 867. The van der Waals surface area contributed by atoms with Crippen LogP contribution in [0.3, 0.4) is 0 Å². The summed E-state index contributed by atoms with van der Waals surface area (Å²) in [7, 11) is 1.46. The minimum absolute atomic E-state index is 0.0863. The number of aliphatic carboxylic acids is 1. The largest absolute Gasteiger partial charge is 0.493 e. The first-order chi connectivity index (χ1) is 12.9. The maximum Gasteiger partial charge on any atom is 0.305 e. The maximum absolute atomic E-state index is 12.7. The molecule has 1 aromatic carbocycles. The van der Waals surface area contributed by atoms with Crippen LogP contribution in [0.15, 0.2) is 36.7 Å². The van der Waals surface area contributed by atoms with E-state index < -0.39 is 17.4 Å². The predicted molar refractivity (Wildman–Crippen MR) is 98.9 cm³/mol. The molecule has 2 heterocycles. The molecule has 1 unspecified atom stereocenters. The van der Waals surface area contributed by atoms with Gasteiger partial charge in [0.2, 0.25) is 0 Å². The van der Waals surface area contributed by atoms with Gasteiger partial charge in [0.05, 0.1) is 30.7 Å². The van der Waals surface area contributed by atoms with Gasteiger partial charge in [-0.3, -0.25) is 14.6 Å². The molecule has 27 heavy (non-hydrogen) atoms. The van der Waals surface area contributed by atoms with Crippen molar-refractivity contribution in [3.63, 3.8) is 0 Å². The summed E-state index contributed by atoms with van der Waals surface area (Å²) in [5.41, 5.74) is 2.24. The fraction of sp³-hybridized carbons (Fsp3) is 0.350. The third-order valence-electron chi connectivity index (χ3n) is 4.44. The van der Waals surface area contributed by atoms with Crippen molar-refractivity contribution >= 4 is 11.9 Å². The number of nitrogens with zero attached hydrogens (tertiary/aromatic N) is 1. The van der Waals surface area contributed by atoms with Gasteiger partial charge in [-0.2, -0.15) is 0 Å². The van der Waals surface area contributed by atoms with Gasteiger partial charge in [-0.25, -0.2) is 0 Å². The zero-order valence-electron chi connectivity index (χ0n) is 15.3. The number of fused-ring (bicyclic) bond motifs is 1. The van der Waals surface area contributed by atoms with Crippen molar-refractivity contribution < 1.29 is 24.2 Å². The molecule has 0 bridgehead atoms. The molecule has 1 amide bonds. The highest BCUT2D eigenvalue weighted by Crippen LogP contribution is 2.30. The Morgan fingerprint density at radius 2 is 2.11 bits per heavy atom. The average Bonchev–Trinajstić information content (AvgIpc) is 3.08. The van der Waals surface area contributed by atoms with Crippen molar-refractivity contribution in [2.24, 2.45) is 0 Å². The molecule has 0 fully saturated rings. The second-order valence-corrected chi connectivity index (χ2v) is 6.90. The van der Waals surface area contributed by atoms with E-state index >= 15 is 0 Å². The van der Waals surface area contributed by atoms with Gasteiger partial charge >= 0.3 is 5.97 Å². The quantitative estimate of drug-likeness (QED) is 0.776. The zero-order chi connectivity index (χ0) is 19.4. The maximum atomic E-state index is 12.7. The van der Waals surface area contributed by atoms with Crippen molar-refractivity contribution in [2.45, 2.75) is 25.3 Å². The third kappa shape index (κ3) is 4.43. The first kappa shape index (κ1) is 18.8. The number of carboxylic acids is 1. The van der Waals surface area contributed by atoms with Crippen LogP contribution >= 0.6 is 0 Å². The molecule has 7 heteroatoms. The van der Waals surface area contributed by atoms with E-state index in [1.165, 1.54) is 13.3 Å². The Labute approximate surface area is 157 Å². The van der Waals surface area contributed by atoms with Crippen LogP contribution in [0.25, 0.3) is 11.1 Å². The van der Waals surface area contributed by atoms with Crippen molar-refractivity contribution in [3.05, 3.63) is 47.8 Å². The van der Waals surface area contributed by atoms with Crippen LogP contribution in [0.4, 0.5) is 0 Å². The topological polar surface area (TPSA) is 97.8 Å². The number of carbonyl (C=O) groups excluding carboxylic acids is 1. The van der Waals surface area contributed by atoms with Gasteiger partial charge < -0.3 is 19.9 Å². The number of hydrogen-bond acceptors (Lipinski definition) is 5. The van der Waals surface area contributed by atoms with Gasteiger partial charge in [0.25, 0.3) is 5.91 Å². The molecule has 0 aliphatic carbocycles. The van der Waals surface area contributed by atoms with Gasteiger partial charge in [-0.1, -0.05) is 6.07 Å². The van der Waals surface area contributed by atoms with Gasteiger partial charge in [-0.15, -0.1) is 0 Å². The number of benzene rings is 1. The Morgan fingerprint density at radius 1 is 1.30 bits per heavy atom. The van der Waals surface area contributed by atoms with Crippen LogP contribution in [0.2, 0.25) is 0 Å². The Morgan fingerprint density at radius 3 is 2.85 bits per heavy atom. The van der Waals surface area contributed by atoms with Gasteiger partial charge in [0.1, 0.15) is 5.75 Å². The van der Waals surface area contributed by atoms with Crippen molar-refractivity contribution in [2.75, 3.05) is 20.3 Å². The molecule has 142 valence electrons. The highest BCUT2D eigenvalue weighted by Gasteiger charge is 2.30. The normalized spacial score (nSPS) is 14.7. The number of rotatable bonds is 7. The monoisotopic (exact) mass is 370 g/mol. The average molecular weight is 370 g/mol. The van der Waals surface area contributed by atoms with Crippen molar-refractivity contribution in [1.29, 1.82) is 0 Å². The van der Waals surface area contributed by atoms with E-state index in [1.807, 2.05) is 18.2 Å². The van der Waals surface area contributed by atoms with E-state index in [4.69, 9.17) is 14.6 Å². The molecule has 2 N–H and O–H groups in total. The van der Waals surface area contributed by atoms with Crippen LogP contribution in [0.1, 0.15) is 29.3 Å². The molecular formula is C20H22N2O5. The van der Waals surface area contributed by atoms with E-state index in [2.05, 4.69) is 10.3 Å². The van der Waals surface area contributed by atoms with Gasteiger partial charge in [-0.05, 0) is 36.2 Å². The van der Waals surface area contributed by atoms with Crippen LogP contribution in [0, 0.1) is 0 Å². The predicted octanol–water partition coefficient (Wildman–Crippen LogP) is 2.29. The van der Waals surface area contributed by atoms with Crippen LogP contribution in [-0.2, 0) is 16.0 Å². The van der Waals surface area contributed by atoms with E-state index in [9.17, 15) is 9.59 Å². The smallest absolute Gasteiger partial charge is 0.305 e. The number of methoxy groups -OCH3 is 1. The first-order valence-electron chi connectivity index (χ1n) is 8.64. The van der Waals surface area contributed by atoms with Crippen LogP contribution in [0.5, 0.6) is 5.75 Å². The minimum atomic E-state index is -1.02. The summed E-state index contributed by atoms with van der Waals surface area (Å²) in [4.78, 5) is 28.0. The third-order valence-corrected chi connectivity index (χ3v) is 4.44. The number of carboxylic acid groups (broad SMARTS) is 1. The molecule has 1 aliphatic heterocycles. The second-order valence-electron chi connectivity index (χ2n) is 6.90. The molecular weight excluding hydrogens is 348 g/mol. The van der Waals surface area contributed by atoms with E-state index in [1.54, 1.807) is 19.2 Å². The van der Waals surface area contributed by atoms with Gasteiger partial charge in [0.15, 0.2) is 0 Å². The van der Waals surface area contributed by atoms with Crippen LogP contribution in [-0.4, -0.2) is 47.8 Å². The lowest BCUT2D eigenvalue weighted by Crippen LogP contribution is -2.50. The molecule has 7 nitrogen and oxygen atoms in total. The molecule has 0 spiro atoms. The first-order valence-corrected chi connectivity index (χ1v) is 8.64. The van der Waals surface area contributed by atoms with Crippen LogP contribution < -0.4 is 10.1 Å². The summed E-state index contributed by atoms with van der Waals surface area (Å²) in [6.07, 6.45) is 3.77. The molecule has 0 saturated heterocycles. The number of amides is 1. The van der Waals surface area contributed by atoms with E-state index in [-0.39, 0.29) is 13.0 Å². The molecule has 0 saturated carbocycles. The summed E-state index contributed by atoms with van der Waals surface area (Å²) in [6, 6.07) is 7.64. The van der Waals surface area contributed by atoms with Crippen molar-refractivity contribution in [3.8, 4) is 16.9 Å². The highest BCUT2D eigenvalue weighted by atomic mass is 16.5. The summed E-state index contributed by atoms with van der Waals surface area (Å²) in [6.45, 7) is 2.41. The van der Waals surface area contributed by atoms with Gasteiger partial charge in [0, 0.05) is 31.5 Å². The lowest BCUT2D eigenvalue weighted by Gasteiger charge is -2.28. The molecule has 1 aliphatic rings.